The average molecular weight is 648 g/mol. The molecule has 1 unspecified atom stereocenters. The fourth-order valence-electron chi connectivity index (χ4n) is 5.42. The Bertz CT molecular complexity index is 1390. The fourth-order valence-corrected chi connectivity index (χ4v) is 5.42. The number of piperazine rings is 1. The second kappa shape index (κ2) is 17.6. The van der Waals surface area contributed by atoms with Gasteiger partial charge in [-0.15, -0.1) is 24.8 Å². The molecule has 0 bridgehead atoms. The van der Waals surface area contributed by atoms with Gasteiger partial charge in [0.15, 0.2) is 0 Å². The summed E-state index contributed by atoms with van der Waals surface area (Å²) in [5, 5.41) is 14.5. The highest BCUT2D eigenvalue weighted by atomic mass is 35.5. The van der Waals surface area contributed by atoms with Crippen LogP contribution in [0.5, 0.6) is 0 Å². The highest BCUT2D eigenvalue weighted by molar-refractivity contribution is 5.99. The Labute approximate surface area is 270 Å². The van der Waals surface area contributed by atoms with Crippen LogP contribution in [-0.2, 0) is 19.1 Å². The van der Waals surface area contributed by atoms with Gasteiger partial charge in [0.25, 0.3) is 5.69 Å². The zero-order chi connectivity index (χ0) is 30.1. The molecule has 238 valence electrons. The summed E-state index contributed by atoms with van der Waals surface area (Å²) in [6.45, 7) is 9.22. The van der Waals surface area contributed by atoms with E-state index in [1.807, 2.05) is 18.2 Å². The van der Waals surface area contributed by atoms with Crippen LogP contribution in [0.3, 0.4) is 0 Å². The van der Waals surface area contributed by atoms with E-state index in [4.69, 9.17) is 9.47 Å². The van der Waals surface area contributed by atoms with Crippen LogP contribution in [-0.4, -0.2) is 79.6 Å². The predicted octanol–water partition coefficient (Wildman–Crippen LogP) is 5.11. The van der Waals surface area contributed by atoms with Gasteiger partial charge >= 0.3 is 11.9 Å². The molecular weight excluding hydrogens is 607 g/mol. The maximum atomic E-state index is 13.4. The number of dihydropyridines is 1. The van der Waals surface area contributed by atoms with E-state index in [1.165, 1.54) is 30.9 Å². The van der Waals surface area contributed by atoms with E-state index in [-0.39, 0.29) is 48.3 Å². The molecule has 0 spiro atoms. The SMILES string of the molecule is COC(=O)C1=C(C)NC(C)=C(C(=O)OCCCN2CCN(C/C=C/c3ccccc3)CC2)C1c1cccc([N+](=O)[O-])c1.Cl.Cl. The van der Waals surface area contributed by atoms with Crippen LogP contribution >= 0.6 is 24.8 Å². The van der Waals surface area contributed by atoms with Gasteiger partial charge < -0.3 is 19.7 Å². The molecule has 0 radical (unpaired) electrons. The number of nitrogens with one attached hydrogen (secondary N) is 1. The number of hydrogen-bond acceptors (Lipinski definition) is 9. The Kier molecular flexibility index (Phi) is 14.6. The standard InChI is InChI=1S/C32H38N4O6.2ClH/c1-23-28(31(37)41-3)30(26-13-7-14-27(22-26)36(39)40)29(24(2)33-23)32(38)42-21-9-16-35-19-17-34(18-20-35)15-8-12-25-10-5-4-6-11-25;;/h4-8,10-14,22,30,33H,9,15-21H2,1-3H3;2*1H/b12-8+;;. The maximum Gasteiger partial charge on any atom is 0.336 e. The lowest BCUT2D eigenvalue weighted by Crippen LogP contribution is -2.46. The number of carbonyl (C=O) groups excluding carboxylic acids is 2. The van der Waals surface area contributed by atoms with Crippen molar-refractivity contribution in [3.05, 3.63) is 104 Å². The summed E-state index contributed by atoms with van der Waals surface area (Å²) in [5.41, 5.74) is 3.00. The van der Waals surface area contributed by atoms with Crippen molar-refractivity contribution in [3.8, 4) is 0 Å². The Morgan fingerprint density at radius 3 is 2.23 bits per heavy atom. The summed E-state index contributed by atoms with van der Waals surface area (Å²) in [6, 6.07) is 16.2. The summed E-state index contributed by atoms with van der Waals surface area (Å²) >= 11 is 0. The molecule has 2 aromatic rings. The predicted molar refractivity (Wildman–Crippen MR) is 175 cm³/mol. The Balaban J connectivity index is 0.00000337. The molecule has 10 nitrogen and oxygen atoms in total. The molecule has 1 saturated heterocycles. The zero-order valence-corrected chi connectivity index (χ0v) is 26.8. The smallest absolute Gasteiger partial charge is 0.336 e. The molecule has 2 aromatic carbocycles. The van der Waals surface area contributed by atoms with Crippen LogP contribution in [0.2, 0.25) is 0 Å². The molecule has 44 heavy (non-hydrogen) atoms. The molecule has 0 saturated carbocycles. The van der Waals surface area contributed by atoms with E-state index in [2.05, 4.69) is 39.4 Å². The van der Waals surface area contributed by atoms with E-state index in [0.29, 0.717) is 23.4 Å². The van der Waals surface area contributed by atoms with Crippen molar-refractivity contribution in [2.75, 3.05) is 53.0 Å². The molecule has 1 N–H and O–H groups in total. The quantitative estimate of drug-likeness (QED) is 0.154. The van der Waals surface area contributed by atoms with Crippen molar-refractivity contribution < 1.29 is 24.0 Å². The molecule has 0 aliphatic carbocycles. The van der Waals surface area contributed by atoms with E-state index >= 15 is 0 Å². The number of allylic oxidation sites excluding steroid dienone is 2. The van der Waals surface area contributed by atoms with Gasteiger partial charge in [0.1, 0.15) is 0 Å². The number of ether oxygens (including phenoxy) is 2. The largest absolute Gasteiger partial charge is 0.466 e. The summed E-state index contributed by atoms with van der Waals surface area (Å²) < 4.78 is 10.7. The highest BCUT2D eigenvalue weighted by Gasteiger charge is 2.38. The van der Waals surface area contributed by atoms with E-state index in [1.54, 1.807) is 19.9 Å². The van der Waals surface area contributed by atoms with E-state index in [0.717, 1.165) is 39.3 Å². The van der Waals surface area contributed by atoms with Gasteiger partial charge in [0.2, 0.25) is 0 Å². The lowest BCUT2D eigenvalue weighted by molar-refractivity contribution is -0.384. The number of carbonyl (C=O) groups is 2. The normalized spacial score (nSPS) is 17.4. The summed E-state index contributed by atoms with van der Waals surface area (Å²) in [6.07, 6.45) is 5.01. The van der Waals surface area contributed by atoms with Crippen LogP contribution in [0.15, 0.2) is 83.2 Å². The second-order valence-electron chi connectivity index (χ2n) is 10.4. The molecule has 0 amide bonds. The summed E-state index contributed by atoms with van der Waals surface area (Å²) in [7, 11) is 1.26. The molecule has 2 aliphatic heterocycles. The number of esters is 2. The van der Waals surface area contributed by atoms with Crippen molar-refractivity contribution in [1.29, 1.82) is 0 Å². The molecule has 1 fully saturated rings. The molecule has 12 heteroatoms. The second-order valence-corrected chi connectivity index (χ2v) is 10.4. The number of nitro benzene ring substituents is 1. The van der Waals surface area contributed by atoms with Gasteiger partial charge in [-0.2, -0.15) is 0 Å². The third kappa shape index (κ3) is 9.40. The Morgan fingerprint density at radius 2 is 1.59 bits per heavy atom. The Hall–Kier alpha value is -3.70. The van der Waals surface area contributed by atoms with Crippen LogP contribution in [0, 0.1) is 10.1 Å². The molecule has 2 heterocycles. The van der Waals surface area contributed by atoms with Gasteiger partial charge in [-0.25, -0.2) is 9.59 Å². The molecule has 4 rings (SSSR count). The van der Waals surface area contributed by atoms with Crippen molar-refractivity contribution in [3.63, 3.8) is 0 Å². The van der Waals surface area contributed by atoms with Gasteiger partial charge in [-0.05, 0) is 31.4 Å². The topological polar surface area (TPSA) is 114 Å². The monoisotopic (exact) mass is 646 g/mol. The maximum absolute atomic E-state index is 13.4. The first-order chi connectivity index (χ1) is 20.3. The van der Waals surface area contributed by atoms with Crippen LogP contribution in [0.25, 0.3) is 6.08 Å². The Morgan fingerprint density at radius 1 is 0.955 bits per heavy atom. The number of halogens is 2. The number of nitro groups is 1. The van der Waals surface area contributed by atoms with Gasteiger partial charge in [-0.1, -0.05) is 54.6 Å². The minimum absolute atomic E-state index is 0. The van der Waals surface area contributed by atoms with Crippen LogP contribution < -0.4 is 5.32 Å². The van der Waals surface area contributed by atoms with Crippen molar-refractivity contribution in [2.24, 2.45) is 0 Å². The number of rotatable bonds is 11. The van der Waals surface area contributed by atoms with Crippen molar-refractivity contribution in [1.82, 2.24) is 15.1 Å². The first-order valence-electron chi connectivity index (χ1n) is 14.1. The number of nitrogens with zero attached hydrogens (tertiary/aromatic N) is 3. The molecule has 1 atom stereocenters. The van der Waals surface area contributed by atoms with Crippen LogP contribution in [0.4, 0.5) is 5.69 Å². The minimum Gasteiger partial charge on any atom is -0.466 e. The summed E-state index contributed by atoms with van der Waals surface area (Å²) in [5.74, 6) is -2.06. The molecular formula is C32H40Cl2N4O6. The number of methoxy groups -OCH3 is 1. The third-order valence-corrected chi connectivity index (χ3v) is 7.59. The molecule has 0 aromatic heterocycles. The van der Waals surface area contributed by atoms with Gasteiger partial charge in [0.05, 0.1) is 35.7 Å². The van der Waals surface area contributed by atoms with Crippen LogP contribution in [0.1, 0.15) is 37.3 Å². The van der Waals surface area contributed by atoms with Crippen molar-refractivity contribution >= 4 is 48.5 Å². The highest BCUT2D eigenvalue weighted by Crippen LogP contribution is 2.40. The number of non-ortho nitro benzene ring substituents is 1. The third-order valence-electron chi connectivity index (χ3n) is 7.59. The first-order valence-corrected chi connectivity index (χ1v) is 14.1. The molecule has 2 aliphatic rings. The van der Waals surface area contributed by atoms with E-state index in [9.17, 15) is 19.7 Å². The van der Waals surface area contributed by atoms with Gasteiger partial charge in [-0.3, -0.25) is 15.0 Å². The zero-order valence-electron chi connectivity index (χ0n) is 25.2. The lowest BCUT2D eigenvalue weighted by Gasteiger charge is -2.34. The number of benzene rings is 2. The van der Waals surface area contributed by atoms with E-state index < -0.39 is 22.8 Å². The van der Waals surface area contributed by atoms with Gasteiger partial charge in [0, 0.05) is 62.8 Å². The average Bonchev–Trinajstić information content (AvgIpc) is 2.99. The number of hydrogen-bond donors (Lipinski definition) is 1. The minimum atomic E-state index is -0.866. The fraction of sp³-hybridized carbons (Fsp3) is 0.375. The van der Waals surface area contributed by atoms with Crippen molar-refractivity contribution in [2.45, 2.75) is 26.2 Å². The summed E-state index contributed by atoms with van der Waals surface area (Å²) in [4.78, 5) is 41.9. The lowest BCUT2D eigenvalue weighted by atomic mass is 9.80. The first kappa shape index (κ1) is 36.5.